The van der Waals surface area contributed by atoms with E-state index in [1.807, 2.05) is 0 Å². The third-order valence-corrected chi connectivity index (χ3v) is 9.05. The Balaban J connectivity index is 1.41. The van der Waals surface area contributed by atoms with Crippen LogP contribution in [0.3, 0.4) is 0 Å². The maximum atomic E-state index is 14.2. The second kappa shape index (κ2) is 10.2. The van der Waals surface area contributed by atoms with Gasteiger partial charge in [-0.3, -0.25) is 20.2 Å². The Kier molecular flexibility index (Phi) is 6.68. The van der Waals surface area contributed by atoms with E-state index < -0.39 is 21.6 Å². The van der Waals surface area contributed by atoms with Gasteiger partial charge in [0.15, 0.2) is 27.1 Å². The van der Waals surface area contributed by atoms with E-state index in [4.69, 9.17) is 21.9 Å². The second-order valence-corrected chi connectivity index (χ2v) is 12.4. The van der Waals surface area contributed by atoms with Crippen LogP contribution in [0.2, 0.25) is 0 Å². The number of nitrogens with zero attached hydrogens (tertiary/aromatic N) is 7. The first-order chi connectivity index (χ1) is 20.1. The highest BCUT2D eigenvalue weighted by Gasteiger charge is 2.46. The second-order valence-electron chi connectivity index (χ2n) is 10.5. The summed E-state index contributed by atoms with van der Waals surface area (Å²) in [6.45, 7) is 0. The molecule has 216 valence electrons. The molecular weight excluding hydrogens is 563 g/mol. The third-order valence-electron chi connectivity index (χ3n) is 7.89. The molecule has 4 aromatic rings. The van der Waals surface area contributed by atoms with Crippen LogP contribution in [-0.4, -0.2) is 74.3 Å². The highest BCUT2D eigenvalue weighted by molar-refractivity contribution is 7.91. The minimum atomic E-state index is -3.81. The van der Waals surface area contributed by atoms with Crippen molar-refractivity contribution in [2.75, 3.05) is 12.0 Å². The van der Waals surface area contributed by atoms with Crippen LogP contribution < -0.4 is 11.5 Å². The molecule has 2 bridgehead atoms. The van der Waals surface area contributed by atoms with Crippen LogP contribution in [0.4, 0.5) is 10.2 Å². The maximum Gasteiger partial charge on any atom is 0.289 e. The number of anilines is 1. The molecule has 0 spiro atoms. The Hall–Kier alpha value is -4.79. The van der Waals surface area contributed by atoms with E-state index in [-0.39, 0.29) is 40.2 Å². The van der Waals surface area contributed by atoms with Crippen LogP contribution in [0.15, 0.2) is 52.7 Å². The minimum absolute atomic E-state index is 0.0582. The number of piperidine rings is 1. The highest BCUT2D eigenvalue weighted by Crippen LogP contribution is 2.45. The fourth-order valence-electron chi connectivity index (χ4n) is 6.13. The monoisotopic (exact) mass is 590 g/mol. The van der Waals surface area contributed by atoms with Crippen molar-refractivity contribution in [3.05, 3.63) is 54.4 Å². The fraction of sp³-hybridized carbons (Fsp3) is 0.296. The number of hydrogen-bond donors (Lipinski definition) is 3. The Morgan fingerprint density at radius 1 is 1.17 bits per heavy atom. The summed E-state index contributed by atoms with van der Waals surface area (Å²) in [5, 5.41) is 11.5. The van der Waals surface area contributed by atoms with Gasteiger partial charge >= 0.3 is 0 Å². The lowest BCUT2D eigenvalue weighted by Gasteiger charge is -2.39. The number of amides is 1. The normalized spacial score (nSPS) is 20.7. The van der Waals surface area contributed by atoms with Crippen LogP contribution in [0, 0.1) is 11.2 Å². The SMILES string of the molecule is CS(=O)(=O)c1c(C2CC3CCC(C2)N3C(=O)C(N)=NC=N)nc2c(-c3ccc(-c4ncccc4F)nc3)cnn2c1N. The van der Waals surface area contributed by atoms with Gasteiger partial charge < -0.3 is 16.4 Å². The lowest BCUT2D eigenvalue weighted by molar-refractivity contribution is -0.128. The van der Waals surface area contributed by atoms with E-state index in [1.165, 1.54) is 29.0 Å². The molecule has 13 nitrogen and oxygen atoms in total. The average Bonchev–Trinajstić information content (AvgIpc) is 3.50. The van der Waals surface area contributed by atoms with E-state index in [0.717, 1.165) is 25.4 Å². The molecule has 6 rings (SSSR count). The van der Waals surface area contributed by atoms with Gasteiger partial charge in [0.1, 0.15) is 22.7 Å². The van der Waals surface area contributed by atoms with Crippen molar-refractivity contribution in [3.8, 4) is 22.5 Å². The van der Waals surface area contributed by atoms with Gasteiger partial charge in [-0.2, -0.15) is 9.61 Å². The molecule has 2 unspecified atom stereocenters. The molecule has 0 radical (unpaired) electrons. The molecule has 2 saturated heterocycles. The highest BCUT2D eigenvalue weighted by atomic mass is 32.2. The Bertz CT molecular complexity index is 1860. The predicted octanol–water partition coefficient (Wildman–Crippen LogP) is 2.18. The number of rotatable bonds is 5. The molecule has 5 N–H and O–H groups in total. The Morgan fingerprint density at radius 2 is 1.90 bits per heavy atom. The lowest BCUT2D eigenvalue weighted by Crippen LogP contribution is -2.50. The van der Waals surface area contributed by atoms with Crippen molar-refractivity contribution in [1.82, 2.24) is 29.5 Å². The predicted molar refractivity (Wildman–Crippen MR) is 153 cm³/mol. The summed E-state index contributed by atoms with van der Waals surface area (Å²) >= 11 is 0. The summed E-state index contributed by atoms with van der Waals surface area (Å²) in [4.78, 5) is 31.5. The average molecular weight is 591 g/mol. The number of nitrogens with two attached hydrogens (primary N) is 2. The van der Waals surface area contributed by atoms with E-state index in [2.05, 4.69) is 20.1 Å². The van der Waals surface area contributed by atoms with Gasteiger partial charge in [0.2, 0.25) is 0 Å². The van der Waals surface area contributed by atoms with Gasteiger partial charge in [-0.05, 0) is 43.9 Å². The number of aromatic nitrogens is 5. The first-order valence-electron chi connectivity index (χ1n) is 13.2. The molecule has 2 atom stereocenters. The zero-order chi connectivity index (χ0) is 29.8. The molecule has 6 heterocycles. The van der Waals surface area contributed by atoms with Crippen molar-refractivity contribution in [3.63, 3.8) is 0 Å². The number of pyridine rings is 2. The van der Waals surface area contributed by atoms with Crippen LogP contribution in [-0.2, 0) is 14.6 Å². The third kappa shape index (κ3) is 4.55. The summed E-state index contributed by atoms with van der Waals surface area (Å²) in [5.74, 6) is -1.55. The van der Waals surface area contributed by atoms with Crippen molar-refractivity contribution >= 4 is 39.4 Å². The summed E-state index contributed by atoms with van der Waals surface area (Å²) in [6, 6.07) is 5.79. The first-order valence-corrected chi connectivity index (χ1v) is 15.1. The number of carbonyl (C=O) groups excluding carboxylic acids is 1. The number of aliphatic imine (C=N–C) groups is 1. The van der Waals surface area contributed by atoms with Crippen LogP contribution >= 0.6 is 0 Å². The smallest absolute Gasteiger partial charge is 0.289 e. The van der Waals surface area contributed by atoms with Crippen LogP contribution in [0.25, 0.3) is 28.2 Å². The van der Waals surface area contributed by atoms with E-state index in [1.54, 1.807) is 23.2 Å². The summed E-state index contributed by atoms with van der Waals surface area (Å²) in [6.07, 6.45) is 8.75. The van der Waals surface area contributed by atoms with E-state index >= 15 is 0 Å². The molecule has 1 amide bonds. The lowest BCUT2D eigenvalue weighted by atomic mass is 9.87. The molecule has 15 heteroatoms. The largest absolute Gasteiger partial charge is 0.382 e. The molecule has 2 aliphatic heterocycles. The molecule has 0 aromatic carbocycles. The van der Waals surface area contributed by atoms with Gasteiger partial charge in [-0.25, -0.2) is 22.8 Å². The summed E-state index contributed by atoms with van der Waals surface area (Å²) in [7, 11) is -3.81. The van der Waals surface area contributed by atoms with Crippen LogP contribution in [0.1, 0.15) is 37.3 Å². The molecule has 4 aromatic heterocycles. The molecular formula is C27H27FN10O3S. The zero-order valence-electron chi connectivity index (χ0n) is 22.5. The van der Waals surface area contributed by atoms with Gasteiger partial charge in [0.05, 0.1) is 17.6 Å². The fourth-order valence-corrected chi connectivity index (χ4v) is 7.19. The van der Waals surface area contributed by atoms with E-state index in [9.17, 15) is 17.6 Å². The number of hydrogen-bond acceptors (Lipinski definition) is 9. The quantitative estimate of drug-likeness (QED) is 0.230. The van der Waals surface area contributed by atoms with E-state index in [0.29, 0.717) is 41.0 Å². The number of fused-ring (bicyclic) bond motifs is 3. The van der Waals surface area contributed by atoms with Crippen molar-refractivity contribution in [2.24, 2.45) is 10.7 Å². The number of amidine groups is 1. The molecule has 42 heavy (non-hydrogen) atoms. The number of halogens is 1. The minimum Gasteiger partial charge on any atom is -0.382 e. The van der Waals surface area contributed by atoms with Gasteiger partial charge in [-0.1, -0.05) is 6.07 Å². The summed E-state index contributed by atoms with van der Waals surface area (Å²) < 4.78 is 41.6. The molecule has 2 aliphatic rings. The maximum absolute atomic E-state index is 14.2. The molecule has 0 saturated carbocycles. The van der Waals surface area contributed by atoms with Crippen molar-refractivity contribution < 1.29 is 17.6 Å². The number of carbonyl (C=O) groups is 1. The molecule has 2 fully saturated rings. The number of nitrogens with one attached hydrogen (secondary N) is 1. The first kappa shape index (κ1) is 27.4. The van der Waals surface area contributed by atoms with Crippen LogP contribution in [0.5, 0.6) is 0 Å². The Labute approximate surface area is 239 Å². The van der Waals surface area contributed by atoms with Gasteiger partial charge in [0, 0.05) is 47.8 Å². The van der Waals surface area contributed by atoms with Crippen molar-refractivity contribution in [2.45, 2.75) is 48.6 Å². The standard InChI is InChI=1S/C27H27FN10O3S/c1-42(40,41)23-21(15-9-16-5-6-17(10-15)37(16)27(39)24(30)34-13-29)36-26-18(12-35-38(26)25(23)31)14-4-7-20(33-11-14)22-19(28)3-2-8-32-22/h2-4,7-8,11-13,15-17H,5-6,9-10,31H2,1H3,(H3,29,30,34). The van der Waals surface area contributed by atoms with Crippen molar-refractivity contribution in [1.29, 1.82) is 5.41 Å². The van der Waals surface area contributed by atoms with Gasteiger partial charge in [0.25, 0.3) is 5.91 Å². The zero-order valence-corrected chi connectivity index (χ0v) is 23.3. The van der Waals surface area contributed by atoms with Gasteiger partial charge in [-0.15, -0.1) is 0 Å². The number of sulfone groups is 1. The molecule has 0 aliphatic carbocycles. The summed E-state index contributed by atoms with van der Waals surface area (Å²) in [5.41, 5.74) is 14.6. The Morgan fingerprint density at radius 3 is 2.52 bits per heavy atom. The topological polar surface area (TPSA) is 199 Å². The number of nitrogen functional groups attached to an aromatic ring is 1.